The van der Waals surface area contributed by atoms with Gasteiger partial charge in [0.25, 0.3) is 11.8 Å². The summed E-state index contributed by atoms with van der Waals surface area (Å²) in [6.07, 6.45) is 0. The second-order valence-electron chi connectivity index (χ2n) is 4.81. The maximum absolute atomic E-state index is 12.4. The molecule has 3 rings (SSSR count). The summed E-state index contributed by atoms with van der Waals surface area (Å²) in [7, 11) is 0. The third kappa shape index (κ3) is 3.10. The lowest BCUT2D eigenvalue weighted by molar-refractivity contribution is -0.130. The van der Waals surface area contributed by atoms with Crippen LogP contribution in [0.3, 0.4) is 0 Å². The molecule has 0 radical (unpaired) electrons. The van der Waals surface area contributed by atoms with Gasteiger partial charge in [0.1, 0.15) is 0 Å². The van der Waals surface area contributed by atoms with Crippen molar-refractivity contribution in [2.45, 2.75) is 16.7 Å². The van der Waals surface area contributed by atoms with E-state index in [1.165, 1.54) is 16.8 Å². The minimum Gasteiger partial charge on any atom is -0.271 e. The van der Waals surface area contributed by atoms with Gasteiger partial charge >= 0.3 is 0 Å². The van der Waals surface area contributed by atoms with Crippen LogP contribution in [-0.4, -0.2) is 22.1 Å². The summed E-state index contributed by atoms with van der Waals surface area (Å²) in [5, 5.41) is 1.09. The molecule has 0 spiro atoms. The lowest BCUT2D eigenvalue weighted by Crippen LogP contribution is -2.35. The standard InChI is InChI=1S/C16H13ClN2O2S/c17-12-8-4-5-9-13(12)22-14-15(20)18-19(16(14)21)10-11-6-2-1-3-7-11/h1-9,14H,10H2,(H,18,20). The molecule has 2 aromatic rings. The van der Waals surface area contributed by atoms with Crippen molar-refractivity contribution in [2.24, 2.45) is 0 Å². The molecular weight excluding hydrogens is 320 g/mol. The highest BCUT2D eigenvalue weighted by Gasteiger charge is 2.40. The van der Waals surface area contributed by atoms with Crippen molar-refractivity contribution in [1.29, 1.82) is 0 Å². The summed E-state index contributed by atoms with van der Waals surface area (Å²) in [4.78, 5) is 25.2. The maximum atomic E-state index is 12.4. The molecule has 1 unspecified atom stereocenters. The van der Waals surface area contributed by atoms with Crippen molar-refractivity contribution in [2.75, 3.05) is 0 Å². The van der Waals surface area contributed by atoms with Crippen LogP contribution >= 0.6 is 23.4 Å². The topological polar surface area (TPSA) is 49.4 Å². The number of thioether (sulfide) groups is 1. The van der Waals surface area contributed by atoms with Crippen molar-refractivity contribution in [3.8, 4) is 0 Å². The molecule has 22 heavy (non-hydrogen) atoms. The van der Waals surface area contributed by atoms with Gasteiger partial charge < -0.3 is 0 Å². The molecule has 2 aromatic carbocycles. The highest BCUT2D eigenvalue weighted by atomic mass is 35.5. The van der Waals surface area contributed by atoms with Gasteiger partial charge in [-0.1, -0.05) is 54.1 Å². The first kappa shape index (κ1) is 14.9. The molecule has 1 heterocycles. The van der Waals surface area contributed by atoms with Crippen LogP contribution in [0.1, 0.15) is 5.56 Å². The van der Waals surface area contributed by atoms with Gasteiger partial charge in [-0.3, -0.25) is 15.0 Å². The summed E-state index contributed by atoms with van der Waals surface area (Å²) in [5.41, 5.74) is 3.58. The number of hydrogen-bond acceptors (Lipinski definition) is 3. The Balaban J connectivity index is 1.73. The van der Waals surface area contributed by atoms with Crippen LogP contribution in [0.15, 0.2) is 59.5 Å². The lowest BCUT2D eigenvalue weighted by Gasteiger charge is -2.15. The molecule has 0 aliphatic carbocycles. The molecule has 6 heteroatoms. The normalized spacial score (nSPS) is 17.7. The number of nitrogens with one attached hydrogen (secondary N) is 1. The average Bonchev–Trinajstić information content (AvgIpc) is 2.78. The van der Waals surface area contributed by atoms with Gasteiger partial charge in [-0.2, -0.15) is 0 Å². The van der Waals surface area contributed by atoms with Crippen molar-refractivity contribution < 1.29 is 9.59 Å². The Labute approximate surface area is 137 Å². The number of halogens is 1. The molecule has 1 aliphatic heterocycles. The van der Waals surface area contributed by atoms with Gasteiger partial charge in [0.15, 0.2) is 5.25 Å². The number of benzene rings is 2. The Morgan fingerprint density at radius 2 is 1.73 bits per heavy atom. The van der Waals surface area contributed by atoms with E-state index in [0.717, 1.165) is 10.5 Å². The van der Waals surface area contributed by atoms with Crippen LogP contribution in [0.25, 0.3) is 0 Å². The maximum Gasteiger partial charge on any atom is 0.264 e. The highest BCUT2D eigenvalue weighted by Crippen LogP contribution is 2.32. The van der Waals surface area contributed by atoms with E-state index in [1.807, 2.05) is 42.5 Å². The third-order valence-corrected chi connectivity index (χ3v) is 4.94. The van der Waals surface area contributed by atoms with E-state index < -0.39 is 5.25 Å². The molecule has 1 saturated heterocycles. The molecule has 0 aromatic heterocycles. The number of hydrazine groups is 1. The number of carbonyl (C=O) groups is 2. The molecule has 1 atom stereocenters. The third-order valence-electron chi connectivity index (χ3n) is 3.24. The Morgan fingerprint density at radius 3 is 2.45 bits per heavy atom. The first-order valence-corrected chi connectivity index (χ1v) is 7.98. The van der Waals surface area contributed by atoms with E-state index in [9.17, 15) is 9.59 Å². The SMILES string of the molecule is O=C1NN(Cc2ccccc2)C(=O)C1Sc1ccccc1Cl. The fraction of sp³-hybridized carbons (Fsp3) is 0.125. The summed E-state index contributed by atoms with van der Waals surface area (Å²) >= 11 is 7.26. The molecule has 4 nitrogen and oxygen atoms in total. The molecule has 1 fully saturated rings. The van der Waals surface area contributed by atoms with E-state index in [1.54, 1.807) is 12.1 Å². The lowest BCUT2D eigenvalue weighted by atomic mass is 10.2. The van der Waals surface area contributed by atoms with Crippen LogP contribution < -0.4 is 5.43 Å². The van der Waals surface area contributed by atoms with E-state index in [2.05, 4.69) is 5.43 Å². The van der Waals surface area contributed by atoms with Crippen molar-refractivity contribution >= 4 is 35.2 Å². The molecule has 0 bridgehead atoms. The zero-order chi connectivity index (χ0) is 15.5. The van der Waals surface area contributed by atoms with Gasteiger partial charge in [-0.25, -0.2) is 5.01 Å². The number of hydrogen-bond donors (Lipinski definition) is 1. The second-order valence-corrected chi connectivity index (χ2v) is 6.37. The fourth-order valence-electron chi connectivity index (χ4n) is 2.16. The van der Waals surface area contributed by atoms with Gasteiger partial charge in [0.2, 0.25) is 0 Å². The summed E-state index contributed by atoms with van der Waals surface area (Å²) < 4.78 is 0. The van der Waals surface area contributed by atoms with E-state index >= 15 is 0 Å². The van der Waals surface area contributed by atoms with Crippen LogP contribution in [0.2, 0.25) is 5.02 Å². The Kier molecular flexibility index (Phi) is 4.36. The minimum absolute atomic E-state index is 0.251. The largest absolute Gasteiger partial charge is 0.271 e. The first-order chi connectivity index (χ1) is 10.6. The van der Waals surface area contributed by atoms with Crippen molar-refractivity contribution in [1.82, 2.24) is 10.4 Å². The Hall–Kier alpha value is -1.98. The Morgan fingerprint density at radius 1 is 1.05 bits per heavy atom. The zero-order valence-corrected chi connectivity index (χ0v) is 13.1. The number of carbonyl (C=O) groups excluding carboxylic acids is 2. The molecular formula is C16H13ClN2O2S. The van der Waals surface area contributed by atoms with E-state index in [0.29, 0.717) is 11.6 Å². The number of rotatable bonds is 4. The monoisotopic (exact) mass is 332 g/mol. The van der Waals surface area contributed by atoms with Crippen LogP contribution in [0.5, 0.6) is 0 Å². The van der Waals surface area contributed by atoms with Gasteiger partial charge in [0.05, 0.1) is 11.6 Å². The van der Waals surface area contributed by atoms with Crippen molar-refractivity contribution in [3.05, 3.63) is 65.2 Å². The number of nitrogens with zero attached hydrogens (tertiary/aromatic N) is 1. The molecule has 2 amide bonds. The first-order valence-electron chi connectivity index (χ1n) is 6.72. The molecule has 1 aliphatic rings. The fourth-order valence-corrected chi connectivity index (χ4v) is 3.40. The minimum atomic E-state index is -0.802. The van der Waals surface area contributed by atoms with Crippen molar-refractivity contribution in [3.63, 3.8) is 0 Å². The number of amides is 2. The van der Waals surface area contributed by atoms with Crippen LogP contribution in [0.4, 0.5) is 0 Å². The average molecular weight is 333 g/mol. The smallest absolute Gasteiger partial charge is 0.264 e. The molecule has 1 N–H and O–H groups in total. The predicted octanol–water partition coefficient (Wildman–Crippen LogP) is 2.87. The molecule has 0 saturated carbocycles. The highest BCUT2D eigenvalue weighted by molar-refractivity contribution is 8.01. The summed E-state index contributed by atoms with van der Waals surface area (Å²) in [6, 6.07) is 16.7. The predicted molar refractivity (Wildman–Crippen MR) is 86.2 cm³/mol. The summed E-state index contributed by atoms with van der Waals surface area (Å²) in [5.74, 6) is -0.565. The van der Waals surface area contributed by atoms with Gasteiger partial charge in [0, 0.05) is 4.90 Å². The van der Waals surface area contributed by atoms with Gasteiger partial charge in [-0.15, -0.1) is 11.8 Å². The molecule has 112 valence electrons. The summed E-state index contributed by atoms with van der Waals surface area (Å²) in [6.45, 7) is 0.352. The van der Waals surface area contributed by atoms with E-state index in [-0.39, 0.29) is 11.8 Å². The zero-order valence-electron chi connectivity index (χ0n) is 11.5. The van der Waals surface area contributed by atoms with Crippen LogP contribution in [-0.2, 0) is 16.1 Å². The second kappa shape index (κ2) is 6.42. The van der Waals surface area contributed by atoms with Crippen LogP contribution in [0, 0.1) is 0 Å². The quantitative estimate of drug-likeness (QED) is 0.876. The Bertz CT molecular complexity index is 708. The van der Waals surface area contributed by atoms with E-state index in [4.69, 9.17) is 11.6 Å². The van der Waals surface area contributed by atoms with Gasteiger partial charge in [-0.05, 0) is 17.7 Å².